The number of nitrogens with zero attached hydrogens (tertiary/aromatic N) is 2. The van der Waals surface area contributed by atoms with Gasteiger partial charge in [0.05, 0.1) is 11.0 Å². The monoisotopic (exact) mass is 1050 g/mol. The Bertz CT molecular complexity index is 4440. The Balaban J connectivity index is 1.04. The van der Waals surface area contributed by atoms with Crippen LogP contribution < -0.4 is 41.5 Å². The molecule has 80 heavy (non-hydrogen) atoms. The number of hydrogen-bond donors (Lipinski definition) is 0. The smallest absolute Gasteiger partial charge is 0.180 e. The van der Waals surface area contributed by atoms with E-state index in [0.717, 1.165) is 28.1 Å². The molecular weight excluding hydrogens is 997 g/mol. The van der Waals surface area contributed by atoms with Crippen LogP contribution in [-0.4, -0.2) is 25.7 Å². The molecule has 0 saturated heterocycles. The Kier molecular flexibility index (Phi) is 10.5. The highest BCUT2D eigenvalue weighted by molar-refractivity contribution is 7.23. The average molecular weight is 1050 g/mol. The second kappa shape index (κ2) is 18.2. The molecule has 16 rings (SSSR count). The number of aryl methyl sites for hydroxylation is 1. The first-order valence-corrected chi connectivity index (χ1v) is 31.9. The van der Waals surface area contributed by atoms with Gasteiger partial charge in [-0.05, 0) is 144 Å². The predicted octanol–water partition coefficient (Wildman–Crippen LogP) is 13.4. The molecule has 0 spiro atoms. The first-order valence-electron chi connectivity index (χ1n) is 27.9. The molecule has 3 heterocycles. The number of imidazole rings is 1. The average Bonchev–Trinajstić information content (AvgIpc) is 3.60. The van der Waals surface area contributed by atoms with Crippen molar-refractivity contribution in [3.05, 3.63) is 303 Å². The minimum atomic E-state index is -2.79. The van der Waals surface area contributed by atoms with Crippen LogP contribution in [0.4, 0.5) is 0 Å². The summed E-state index contributed by atoms with van der Waals surface area (Å²) in [6.45, 7) is 2.14. The maximum absolute atomic E-state index is 5.29. The number of hydrogen-bond acceptors (Lipinski definition) is 1. The van der Waals surface area contributed by atoms with Crippen molar-refractivity contribution in [2.24, 2.45) is 0 Å². The third-order valence-corrected chi connectivity index (χ3v) is 27.4. The zero-order valence-electron chi connectivity index (χ0n) is 44.2. The molecule has 0 fully saturated rings. The number of rotatable bonds is 8. The second-order valence-electron chi connectivity index (χ2n) is 21.6. The summed E-state index contributed by atoms with van der Waals surface area (Å²) in [4.78, 5) is 5.29. The predicted molar refractivity (Wildman–Crippen MR) is 342 cm³/mol. The highest BCUT2D eigenvalue weighted by Gasteiger charge is 2.51. The van der Waals surface area contributed by atoms with Crippen molar-refractivity contribution in [2.75, 3.05) is 0 Å². The Hall–Kier alpha value is -9.72. The third-order valence-electron chi connectivity index (χ3n) is 17.7. The first-order chi connectivity index (χ1) is 39.7. The van der Waals surface area contributed by atoms with Gasteiger partial charge in [-0.3, -0.25) is 4.57 Å². The number of aromatic nitrogens is 2. The molecule has 0 bridgehead atoms. The van der Waals surface area contributed by atoms with Crippen LogP contribution in [0.3, 0.4) is 0 Å². The highest BCUT2D eigenvalue weighted by atomic mass is 28.3. The fraction of sp³-hybridized carbons (Fsp3) is 0.0132. The largest absolute Gasteiger partial charge is 0.296 e. The standard InChI is InChI=1S/C76H52N2Si2/c1-51-77-68-45-23-44-65(76(68)78(51)52-26-7-2-8-27-52)73-61-40-21-38-57(59-42-24-48-71-74(59)63-36-17-19-46-69(63)79(71,53-28-9-3-10-29-53)54-30-11-4-12-31-54)66(61)50-67-58(39-22-41-62(67)73)60-43-25-49-72-75(60)64-37-18-20-47-70(64)80(72,55-32-13-5-14-33-55)56-34-15-6-16-35-56/h2-50H,1H3. The Morgan fingerprint density at radius 1 is 0.275 bits per heavy atom. The van der Waals surface area contributed by atoms with Gasteiger partial charge in [0.15, 0.2) is 16.1 Å². The summed E-state index contributed by atoms with van der Waals surface area (Å²) in [5.41, 5.74) is 15.8. The van der Waals surface area contributed by atoms with Gasteiger partial charge in [-0.2, -0.15) is 0 Å². The summed E-state index contributed by atoms with van der Waals surface area (Å²) < 4.78 is 2.36. The topological polar surface area (TPSA) is 17.8 Å². The van der Waals surface area contributed by atoms with Gasteiger partial charge in [0.2, 0.25) is 0 Å². The summed E-state index contributed by atoms with van der Waals surface area (Å²) in [6.07, 6.45) is 0. The van der Waals surface area contributed by atoms with E-state index in [1.807, 2.05) is 0 Å². The zero-order chi connectivity index (χ0) is 52.9. The van der Waals surface area contributed by atoms with Gasteiger partial charge in [-0.15, -0.1) is 0 Å². The summed E-state index contributed by atoms with van der Waals surface area (Å²) in [5.74, 6) is 0.954. The molecule has 0 N–H and O–H groups in total. The van der Waals surface area contributed by atoms with Gasteiger partial charge in [0, 0.05) is 11.3 Å². The number of benzene rings is 13. The van der Waals surface area contributed by atoms with E-state index in [1.54, 1.807) is 0 Å². The fourth-order valence-corrected chi connectivity index (χ4v) is 25.1. The molecule has 14 aromatic rings. The maximum Gasteiger partial charge on any atom is 0.180 e. The van der Waals surface area contributed by atoms with E-state index < -0.39 is 16.1 Å². The molecule has 4 heteroatoms. The van der Waals surface area contributed by atoms with E-state index in [4.69, 9.17) is 4.98 Å². The van der Waals surface area contributed by atoms with Crippen LogP contribution in [0.1, 0.15) is 5.82 Å². The van der Waals surface area contributed by atoms with Crippen LogP contribution in [0.2, 0.25) is 0 Å². The van der Waals surface area contributed by atoms with Crippen molar-refractivity contribution < 1.29 is 0 Å². The molecule has 2 aliphatic heterocycles. The zero-order valence-corrected chi connectivity index (χ0v) is 46.2. The molecule has 0 aliphatic carbocycles. The van der Waals surface area contributed by atoms with Gasteiger partial charge in [-0.1, -0.05) is 273 Å². The van der Waals surface area contributed by atoms with Crippen molar-refractivity contribution in [3.63, 3.8) is 0 Å². The van der Waals surface area contributed by atoms with Gasteiger partial charge in [-0.25, -0.2) is 4.98 Å². The molecular formula is C76H52N2Si2. The van der Waals surface area contributed by atoms with E-state index in [1.165, 1.54) is 113 Å². The number of fused-ring (bicyclic) bond motifs is 9. The molecule has 2 aliphatic rings. The maximum atomic E-state index is 5.29. The van der Waals surface area contributed by atoms with Gasteiger partial charge in [0.1, 0.15) is 5.82 Å². The minimum Gasteiger partial charge on any atom is -0.296 e. The van der Waals surface area contributed by atoms with E-state index >= 15 is 0 Å². The van der Waals surface area contributed by atoms with Crippen LogP contribution in [0.15, 0.2) is 297 Å². The van der Waals surface area contributed by atoms with Crippen molar-refractivity contribution in [2.45, 2.75) is 6.92 Å². The van der Waals surface area contributed by atoms with Crippen LogP contribution in [-0.2, 0) is 0 Å². The molecule has 0 amide bonds. The molecule has 0 radical (unpaired) electrons. The van der Waals surface area contributed by atoms with Crippen molar-refractivity contribution in [1.29, 1.82) is 0 Å². The summed E-state index contributed by atoms with van der Waals surface area (Å²) >= 11 is 0. The molecule has 1 aromatic heterocycles. The normalized spacial score (nSPS) is 13.5. The Morgan fingerprint density at radius 3 is 1.09 bits per heavy atom. The summed E-state index contributed by atoms with van der Waals surface area (Å²) in [7, 11) is -5.58. The van der Waals surface area contributed by atoms with Crippen LogP contribution in [0, 0.1) is 6.92 Å². The van der Waals surface area contributed by atoms with Crippen molar-refractivity contribution >= 4 is 90.2 Å². The lowest BCUT2D eigenvalue weighted by atomic mass is 9.84. The number of para-hydroxylation sites is 2. The van der Waals surface area contributed by atoms with Gasteiger partial charge in [0.25, 0.3) is 0 Å². The summed E-state index contributed by atoms with van der Waals surface area (Å²) in [6, 6.07) is 113. The first kappa shape index (κ1) is 46.4. The lowest BCUT2D eigenvalue weighted by Crippen LogP contribution is -2.72. The van der Waals surface area contributed by atoms with E-state index in [2.05, 4.69) is 309 Å². The van der Waals surface area contributed by atoms with E-state index in [9.17, 15) is 0 Å². The Morgan fingerprint density at radius 2 is 0.625 bits per heavy atom. The molecule has 0 saturated carbocycles. The van der Waals surface area contributed by atoms with E-state index in [0.29, 0.717) is 0 Å². The van der Waals surface area contributed by atoms with E-state index in [-0.39, 0.29) is 0 Å². The summed E-state index contributed by atoms with van der Waals surface area (Å²) in [5, 5.41) is 16.2. The second-order valence-corrected chi connectivity index (χ2v) is 29.0. The molecule has 13 aromatic carbocycles. The lowest BCUT2D eigenvalue weighted by molar-refractivity contribution is 1.00. The molecule has 2 nitrogen and oxygen atoms in total. The van der Waals surface area contributed by atoms with Gasteiger partial charge < -0.3 is 0 Å². The lowest BCUT2D eigenvalue weighted by Gasteiger charge is -2.31. The van der Waals surface area contributed by atoms with Gasteiger partial charge >= 0.3 is 0 Å². The van der Waals surface area contributed by atoms with Crippen LogP contribution in [0.25, 0.3) is 93.9 Å². The van der Waals surface area contributed by atoms with Crippen molar-refractivity contribution in [3.8, 4) is 61.3 Å². The minimum absolute atomic E-state index is 0.954. The SMILES string of the molecule is Cc1nc2cccc(-c3c4cccc(-c5cccc6c5-c5ccccc5[Si]6(c5ccccc5)c5ccccc5)c4cc4c(-c5cccc6c5-c5ccccc5[Si]6(c5ccccc5)c5ccccc5)cccc34)c2n1-c1ccccc1. The highest BCUT2D eigenvalue weighted by Crippen LogP contribution is 2.48. The molecule has 374 valence electrons. The Labute approximate surface area is 468 Å². The third kappa shape index (κ3) is 6.49. The van der Waals surface area contributed by atoms with Crippen molar-refractivity contribution in [1.82, 2.24) is 9.55 Å². The fourth-order valence-electron chi connectivity index (χ4n) is 14.7. The van der Waals surface area contributed by atoms with Crippen LogP contribution >= 0.6 is 0 Å². The molecule has 0 atom stereocenters. The molecule has 0 unspecified atom stereocenters. The van der Waals surface area contributed by atoms with Crippen LogP contribution in [0.5, 0.6) is 0 Å². The quantitative estimate of drug-likeness (QED) is 0.110.